The quantitative estimate of drug-likeness (QED) is 0.857. The fourth-order valence-corrected chi connectivity index (χ4v) is 2.65. The largest absolute Gasteiger partial charge is 0.416 e. The zero-order valence-corrected chi connectivity index (χ0v) is 11.8. The van der Waals surface area contributed by atoms with Crippen LogP contribution < -0.4 is 4.90 Å². The number of rotatable bonds is 3. The summed E-state index contributed by atoms with van der Waals surface area (Å²) in [7, 11) is 1.66. The van der Waals surface area contributed by atoms with Gasteiger partial charge < -0.3 is 9.64 Å². The lowest BCUT2D eigenvalue weighted by Gasteiger charge is -2.34. The lowest BCUT2D eigenvalue weighted by Crippen LogP contribution is -2.35. The second-order valence-electron chi connectivity index (χ2n) is 5.23. The van der Waals surface area contributed by atoms with Gasteiger partial charge in [-0.15, -0.1) is 0 Å². The first-order valence-corrected chi connectivity index (χ1v) is 6.81. The van der Waals surface area contributed by atoms with Gasteiger partial charge in [-0.05, 0) is 37.0 Å². The Labute approximate surface area is 121 Å². The highest BCUT2D eigenvalue weighted by Crippen LogP contribution is 2.33. The summed E-state index contributed by atoms with van der Waals surface area (Å²) in [6.07, 6.45) is -2.59. The van der Waals surface area contributed by atoms with Crippen molar-refractivity contribution in [3.8, 4) is 6.07 Å². The molecule has 21 heavy (non-hydrogen) atoms. The molecule has 0 N–H and O–H groups in total. The van der Waals surface area contributed by atoms with E-state index in [0.717, 1.165) is 38.1 Å². The molecule has 114 valence electrons. The van der Waals surface area contributed by atoms with Crippen molar-refractivity contribution >= 4 is 5.69 Å². The summed E-state index contributed by atoms with van der Waals surface area (Å²) in [6.45, 7) is 2.16. The lowest BCUT2D eigenvalue weighted by atomic mass is 9.96. The van der Waals surface area contributed by atoms with Gasteiger partial charge in [0.25, 0.3) is 0 Å². The molecule has 2 rings (SSSR count). The number of nitrogens with zero attached hydrogens (tertiary/aromatic N) is 2. The van der Waals surface area contributed by atoms with E-state index in [2.05, 4.69) is 0 Å². The SMILES string of the molecule is COCC1CCN(c2ccc(C(F)(F)F)cc2C#N)CC1. The van der Waals surface area contributed by atoms with E-state index in [1.165, 1.54) is 6.07 Å². The van der Waals surface area contributed by atoms with Gasteiger partial charge in [0.05, 0.1) is 16.8 Å². The van der Waals surface area contributed by atoms with E-state index in [0.29, 0.717) is 18.2 Å². The van der Waals surface area contributed by atoms with Gasteiger partial charge in [0.15, 0.2) is 0 Å². The zero-order chi connectivity index (χ0) is 15.5. The lowest BCUT2D eigenvalue weighted by molar-refractivity contribution is -0.137. The number of alkyl halides is 3. The van der Waals surface area contributed by atoms with Crippen LogP contribution in [0.25, 0.3) is 0 Å². The van der Waals surface area contributed by atoms with Crippen LogP contribution in [0.3, 0.4) is 0 Å². The fourth-order valence-electron chi connectivity index (χ4n) is 2.65. The van der Waals surface area contributed by atoms with Crippen molar-refractivity contribution in [2.45, 2.75) is 19.0 Å². The summed E-state index contributed by atoms with van der Waals surface area (Å²) < 4.78 is 43.2. The normalized spacial score (nSPS) is 16.8. The van der Waals surface area contributed by atoms with Crippen LogP contribution in [0.4, 0.5) is 18.9 Å². The van der Waals surface area contributed by atoms with Crippen LogP contribution in [0.2, 0.25) is 0 Å². The van der Waals surface area contributed by atoms with Crippen LogP contribution >= 0.6 is 0 Å². The van der Waals surface area contributed by atoms with Gasteiger partial charge in [0.2, 0.25) is 0 Å². The van der Waals surface area contributed by atoms with Crippen molar-refractivity contribution in [2.24, 2.45) is 5.92 Å². The molecule has 0 spiro atoms. The minimum atomic E-state index is -4.42. The smallest absolute Gasteiger partial charge is 0.384 e. The van der Waals surface area contributed by atoms with Gasteiger partial charge in [0, 0.05) is 26.8 Å². The molecule has 6 heteroatoms. The van der Waals surface area contributed by atoms with Crippen LogP contribution in [0.15, 0.2) is 18.2 Å². The molecule has 3 nitrogen and oxygen atoms in total. The molecule has 1 aromatic carbocycles. The third-order valence-electron chi connectivity index (χ3n) is 3.80. The van der Waals surface area contributed by atoms with Crippen LogP contribution in [0, 0.1) is 17.2 Å². The molecule has 1 aromatic rings. The van der Waals surface area contributed by atoms with Crippen molar-refractivity contribution in [1.82, 2.24) is 0 Å². The maximum atomic E-state index is 12.7. The van der Waals surface area contributed by atoms with Gasteiger partial charge in [-0.1, -0.05) is 0 Å². The molecule has 0 amide bonds. The molecule has 0 aliphatic carbocycles. The number of hydrogen-bond donors (Lipinski definition) is 0. The number of ether oxygens (including phenoxy) is 1. The van der Waals surface area contributed by atoms with E-state index in [1.807, 2.05) is 11.0 Å². The van der Waals surface area contributed by atoms with Gasteiger partial charge in [-0.2, -0.15) is 18.4 Å². The number of benzene rings is 1. The Balaban J connectivity index is 2.16. The van der Waals surface area contributed by atoms with Crippen LogP contribution in [0.1, 0.15) is 24.0 Å². The van der Waals surface area contributed by atoms with Crippen LogP contribution in [-0.2, 0) is 10.9 Å². The summed E-state index contributed by atoms with van der Waals surface area (Å²) in [5.74, 6) is 0.478. The molecule has 1 aliphatic rings. The highest BCUT2D eigenvalue weighted by molar-refractivity contribution is 5.61. The summed E-state index contributed by atoms with van der Waals surface area (Å²) >= 11 is 0. The zero-order valence-electron chi connectivity index (χ0n) is 11.8. The van der Waals surface area contributed by atoms with E-state index in [4.69, 9.17) is 10.00 Å². The van der Waals surface area contributed by atoms with Crippen LogP contribution in [-0.4, -0.2) is 26.8 Å². The van der Waals surface area contributed by atoms with E-state index < -0.39 is 11.7 Å². The third-order valence-corrected chi connectivity index (χ3v) is 3.80. The van der Waals surface area contributed by atoms with Gasteiger partial charge in [-0.25, -0.2) is 0 Å². The Kier molecular flexibility index (Phi) is 4.73. The molecule has 0 atom stereocenters. The first-order chi connectivity index (χ1) is 9.95. The number of halogens is 3. The number of hydrogen-bond acceptors (Lipinski definition) is 3. The van der Waals surface area contributed by atoms with Crippen molar-refractivity contribution < 1.29 is 17.9 Å². The molecule has 1 fully saturated rings. The van der Waals surface area contributed by atoms with Crippen molar-refractivity contribution in [2.75, 3.05) is 31.7 Å². The number of piperidine rings is 1. The summed E-state index contributed by atoms with van der Waals surface area (Å²) in [4.78, 5) is 1.98. The van der Waals surface area contributed by atoms with E-state index >= 15 is 0 Å². The standard InChI is InChI=1S/C15H17F3N2O/c1-21-10-11-4-6-20(7-5-11)14-3-2-13(15(16,17)18)8-12(14)9-19/h2-3,8,11H,4-7,10H2,1H3. The predicted octanol–water partition coefficient (Wildman–Crippen LogP) is 3.44. The molecule has 1 saturated heterocycles. The average molecular weight is 298 g/mol. The second-order valence-corrected chi connectivity index (χ2v) is 5.23. The Morgan fingerprint density at radius 3 is 2.52 bits per heavy atom. The van der Waals surface area contributed by atoms with Gasteiger partial charge >= 0.3 is 6.18 Å². The number of nitriles is 1. The van der Waals surface area contributed by atoms with E-state index in [1.54, 1.807) is 7.11 Å². The molecule has 1 heterocycles. The Morgan fingerprint density at radius 2 is 2.00 bits per heavy atom. The summed E-state index contributed by atoms with van der Waals surface area (Å²) in [6, 6.07) is 5.24. The van der Waals surface area contributed by atoms with Crippen LogP contribution in [0.5, 0.6) is 0 Å². The highest BCUT2D eigenvalue weighted by atomic mass is 19.4. The van der Waals surface area contributed by atoms with E-state index in [9.17, 15) is 13.2 Å². The second kappa shape index (κ2) is 6.35. The van der Waals surface area contributed by atoms with Crippen molar-refractivity contribution in [3.05, 3.63) is 29.3 Å². The monoisotopic (exact) mass is 298 g/mol. The Bertz CT molecular complexity index is 529. The van der Waals surface area contributed by atoms with Crippen molar-refractivity contribution in [1.29, 1.82) is 5.26 Å². The maximum Gasteiger partial charge on any atom is 0.416 e. The molecule has 0 unspecified atom stereocenters. The van der Waals surface area contributed by atoms with Crippen molar-refractivity contribution in [3.63, 3.8) is 0 Å². The summed E-state index contributed by atoms with van der Waals surface area (Å²) in [5.41, 5.74) is -0.117. The minimum absolute atomic E-state index is 0.0787. The predicted molar refractivity (Wildman–Crippen MR) is 73.0 cm³/mol. The number of anilines is 1. The average Bonchev–Trinajstić information content (AvgIpc) is 2.47. The topological polar surface area (TPSA) is 36.3 Å². The molecule has 0 saturated carbocycles. The first-order valence-electron chi connectivity index (χ1n) is 6.81. The molecular weight excluding hydrogens is 281 g/mol. The fraction of sp³-hybridized carbons (Fsp3) is 0.533. The molecule has 0 radical (unpaired) electrons. The third kappa shape index (κ3) is 3.67. The summed E-state index contributed by atoms with van der Waals surface area (Å²) in [5, 5.41) is 9.11. The first kappa shape index (κ1) is 15.6. The van der Waals surface area contributed by atoms with E-state index in [-0.39, 0.29) is 5.56 Å². The minimum Gasteiger partial charge on any atom is -0.384 e. The molecule has 0 aromatic heterocycles. The molecular formula is C15H17F3N2O. The van der Waals surface area contributed by atoms with Gasteiger partial charge in [0.1, 0.15) is 6.07 Å². The Morgan fingerprint density at radius 1 is 1.33 bits per heavy atom. The molecule has 0 bridgehead atoms. The highest BCUT2D eigenvalue weighted by Gasteiger charge is 2.31. The Hall–Kier alpha value is -1.74. The number of methoxy groups -OCH3 is 1. The maximum absolute atomic E-state index is 12.7. The molecule has 1 aliphatic heterocycles. The van der Waals surface area contributed by atoms with Gasteiger partial charge in [-0.3, -0.25) is 0 Å².